The fraction of sp³-hybridized carbons (Fsp3) is 0.778. The monoisotopic (exact) mass is 142 g/mol. The van der Waals surface area contributed by atoms with Gasteiger partial charge in [0.1, 0.15) is 0 Å². The Morgan fingerprint density at radius 3 is 2.50 bits per heavy atom. The molecule has 0 saturated carbocycles. The van der Waals surface area contributed by atoms with Crippen LogP contribution in [0.3, 0.4) is 0 Å². The van der Waals surface area contributed by atoms with Crippen molar-refractivity contribution in [3.05, 3.63) is 11.6 Å². The molecule has 10 heavy (non-hydrogen) atoms. The molecule has 0 heterocycles. The van der Waals surface area contributed by atoms with Crippen LogP contribution in [0.15, 0.2) is 11.6 Å². The van der Waals surface area contributed by atoms with Crippen LogP contribution in [-0.4, -0.2) is 11.7 Å². The van der Waals surface area contributed by atoms with Crippen LogP contribution in [0.1, 0.15) is 33.6 Å². The summed E-state index contributed by atoms with van der Waals surface area (Å²) in [7, 11) is 0. The van der Waals surface area contributed by atoms with Crippen LogP contribution >= 0.6 is 0 Å². The van der Waals surface area contributed by atoms with E-state index in [1.807, 2.05) is 6.92 Å². The highest BCUT2D eigenvalue weighted by Gasteiger charge is 1.90. The van der Waals surface area contributed by atoms with Gasteiger partial charge in [0.05, 0.1) is 6.61 Å². The van der Waals surface area contributed by atoms with Crippen molar-refractivity contribution in [2.75, 3.05) is 6.61 Å². The molecule has 0 aliphatic heterocycles. The molecule has 1 heteroatoms. The van der Waals surface area contributed by atoms with Crippen LogP contribution in [0.25, 0.3) is 0 Å². The molecule has 1 nitrogen and oxygen atoms in total. The largest absolute Gasteiger partial charge is 0.392 e. The molecule has 0 saturated heterocycles. The van der Waals surface area contributed by atoms with Gasteiger partial charge in [0.15, 0.2) is 0 Å². The van der Waals surface area contributed by atoms with Gasteiger partial charge in [-0.25, -0.2) is 0 Å². The van der Waals surface area contributed by atoms with Gasteiger partial charge in [0, 0.05) is 0 Å². The van der Waals surface area contributed by atoms with E-state index in [0.717, 1.165) is 17.9 Å². The fourth-order valence-electron chi connectivity index (χ4n) is 0.728. The predicted molar refractivity (Wildman–Crippen MR) is 44.9 cm³/mol. The van der Waals surface area contributed by atoms with E-state index >= 15 is 0 Å². The van der Waals surface area contributed by atoms with Crippen LogP contribution in [0, 0.1) is 5.92 Å². The lowest BCUT2D eigenvalue weighted by Gasteiger charge is -2.00. The molecule has 1 N–H and O–H groups in total. The second kappa shape index (κ2) is 5.48. The molecule has 0 aromatic heterocycles. The highest BCUT2D eigenvalue weighted by Crippen LogP contribution is 2.05. The smallest absolute Gasteiger partial charge is 0.0639 e. The second-order valence-corrected chi connectivity index (χ2v) is 3.18. The summed E-state index contributed by atoms with van der Waals surface area (Å²) < 4.78 is 0. The third-order valence-electron chi connectivity index (χ3n) is 1.49. The van der Waals surface area contributed by atoms with Gasteiger partial charge in [-0.2, -0.15) is 0 Å². The molecule has 0 fully saturated rings. The average Bonchev–Trinajstić information content (AvgIpc) is 1.87. The Morgan fingerprint density at radius 2 is 2.10 bits per heavy atom. The lowest BCUT2D eigenvalue weighted by molar-refractivity contribution is 0.330. The van der Waals surface area contributed by atoms with Gasteiger partial charge < -0.3 is 5.11 Å². The Bertz CT molecular complexity index is 103. The Hall–Kier alpha value is -0.300. The topological polar surface area (TPSA) is 20.2 Å². The van der Waals surface area contributed by atoms with Gasteiger partial charge in [0.2, 0.25) is 0 Å². The molecule has 0 aliphatic rings. The Balaban J connectivity index is 3.34. The summed E-state index contributed by atoms with van der Waals surface area (Å²) in [5, 5.41) is 8.63. The molecule has 0 bridgehead atoms. The lowest BCUT2D eigenvalue weighted by Crippen LogP contribution is -1.87. The quantitative estimate of drug-likeness (QED) is 0.597. The summed E-state index contributed by atoms with van der Waals surface area (Å²) in [6.45, 7) is 6.59. The molecule has 0 aliphatic carbocycles. The minimum absolute atomic E-state index is 0.206. The highest BCUT2D eigenvalue weighted by molar-refractivity contribution is 4.97. The van der Waals surface area contributed by atoms with E-state index in [9.17, 15) is 0 Å². The summed E-state index contributed by atoms with van der Waals surface area (Å²) in [6, 6.07) is 0. The second-order valence-electron chi connectivity index (χ2n) is 3.18. The van der Waals surface area contributed by atoms with Crippen LogP contribution in [0.2, 0.25) is 0 Å². The van der Waals surface area contributed by atoms with E-state index in [-0.39, 0.29) is 6.61 Å². The van der Waals surface area contributed by atoms with Gasteiger partial charge in [0.25, 0.3) is 0 Å². The molecule has 0 unspecified atom stereocenters. The van der Waals surface area contributed by atoms with Gasteiger partial charge in [-0.3, -0.25) is 0 Å². The van der Waals surface area contributed by atoms with Crippen LogP contribution in [-0.2, 0) is 0 Å². The third-order valence-corrected chi connectivity index (χ3v) is 1.49. The summed E-state index contributed by atoms with van der Waals surface area (Å²) in [5.41, 5.74) is 1.08. The number of aliphatic hydroxyl groups is 1. The van der Waals surface area contributed by atoms with Gasteiger partial charge in [-0.05, 0) is 25.7 Å². The van der Waals surface area contributed by atoms with E-state index in [4.69, 9.17) is 5.11 Å². The zero-order chi connectivity index (χ0) is 7.98. The normalized spacial score (nSPS) is 12.7. The van der Waals surface area contributed by atoms with E-state index in [1.54, 1.807) is 0 Å². The predicted octanol–water partition coefficient (Wildman–Crippen LogP) is 2.36. The molecular weight excluding hydrogens is 124 g/mol. The average molecular weight is 142 g/mol. The molecule has 0 aromatic rings. The number of aliphatic hydroxyl groups excluding tert-OH is 1. The van der Waals surface area contributed by atoms with Gasteiger partial charge in [-0.1, -0.05) is 25.5 Å². The standard InChI is InChI=1S/C9H18O/c1-8(2)5-4-6-9(3)7-10/h6,8,10H,4-5,7H2,1-3H3/b9-6+. The van der Waals surface area contributed by atoms with Crippen molar-refractivity contribution < 1.29 is 5.11 Å². The number of rotatable bonds is 4. The summed E-state index contributed by atoms with van der Waals surface area (Å²) in [5.74, 6) is 0.766. The third kappa shape index (κ3) is 5.83. The minimum atomic E-state index is 0.206. The van der Waals surface area contributed by atoms with E-state index < -0.39 is 0 Å². The van der Waals surface area contributed by atoms with Crippen molar-refractivity contribution in [3.8, 4) is 0 Å². The summed E-state index contributed by atoms with van der Waals surface area (Å²) in [4.78, 5) is 0. The molecule has 0 spiro atoms. The zero-order valence-corrected chi connectivity index (χ0v) is 7.22. The number of allylic oxidation sites excluding steroid dienone is 1. The first-order chi connectivity index (χ1) is 4.66. The van der Waals surface area contributed by atoms with Crippen molar-refractivity contribution in [1.82, 2.24) is 0 Å². The first-order valence-electron chi connectivity index (χ1n) is 3.93. The first-order valence-corrected chi connectivity index (χ1v) is 3.93. The Kier molecular flexibility index (Phi) is 5.32. The zero-order valence-electron chi connectivity index (χ0n) is 7.22. The molecule has 0 radical (unpaired) electrons. The van der Waals surface area contributed by atoms with Gasteiger partial charge >= 0.3 is 0 Å². The fourth-order valence-corrected chi connectivity index (χ4v) is 0.728. The maximum absolute atomic E-state index is 8.63. The van der Waals surface area contributed by atoms with Crippen molar-refractivity contribution >= 4 is 0 Å². The SMILES string of the molecule is C/C(=C\CCC(C)C)CO. The molecular formula is C9H18O. The van der Waals surface area contributed by atoms with E-state index in [1.165, 1.54) is 6.42 Å². The van der Waals surface area contributed by atoms with Crippen LogP contribution in [0.4, 0.5) is 0 Å². The Morgan fingerprint density at radius 1 is 1.50 bits per heavy atom. The minimum Gasteiger partial charge on any atom is -0.392 e. The van der Waals surface area contributed by atoms with Crippen molar-refractivity contribution in [2.45, 2.75) is 33.6 Å². The Labute approximate surface area is 63.8 Å². The molecule has 0 atom stereocenters. The van der Waals surface area contributed by atoms with Crippen molar-refractivity contribution in [1.29, 1.82) is 0 Å². The highest BCUT2D eigenvalue weighted by atomic mass is 16.3. The summed E-state index contributed by atoms with van der Waals surface area (Å²) >= 11 is 0. The number of hydrogen-bond donors (Lipinski definition) is 1. The molecule has 0 aromatic carbocycles. The summed E-state index contributed by atoms with van der Waals surface area (Å²) in [6.07, 6.45) is 4.43. The molecule has 0 rings (SSSR count). The lowest BCUT2D eigenvalue weighted by atomic mass is 10.1. The van der Waals surface area contributed by atoms with Crippen LogP contribution in [0.5, 0.6) is 0 Å². The van der Waals surface area contributed by atoms with E-state index in [2.05, 4.69) is 19.9 Å². The maximum atomic E-state index is 8.63. The van der Waals surface area contributed by atoms with Crippen LogP contribution < -0.4 is 0 Å². The molecule has 60 valence electrons. The molecule has 0 amide bonds. The maximum Gasteiger partial charge on any atom is 0.0639 e. The number of hydrogen-bond acceptors (Lipinski definition) is 1. The van der Waals surface area contributed by atoms with Gasteiger partial charge in [-0.15, -0.1) is 0 Å². The first kappa shape index (κ1) is 9.70. The van der Waals surface area contributed by atoms with Crippen molar-refractivity contribution in [2.24, 2.45) is 5.92 Å². The van der Waals surface area contributed by atoms with E-state index in [0.29, 0.717) is 0 Å². The van der Waals surface area contributed by atoms with Crippen molar-refractivity contribution in [3.63, 3.8) is 0 Å².